The first-order valence-corrected chi connectivity index (χ1v) is 7.18. The lowest BCUT2D eigenvalue weighted by molar-refractivity contribution is 0.411. The number of methoxy groups -OCH3 is 1. The molecule has 1 N–H and O–H groups in total. The highest BCUT2D eigenvalue weighted by atomic mass is 32.1. The van der Waals surface area contributed by atoms with E-state index in [4.69, 9.17) is 4.74 Å². The van der Waals surface area contributed by atoms with Crippen molar-refractivity contribution in [3.05, 3.63) is 59.2 Å². The Morgan fingerprint density at radius 2 is 2.05 bits per heavy atom. The van der Waals surface area contributed by atoms with Crippen LogP contribution in [-0.2, 0) is 6.54 Å². The van der Waals surface area contributed by atoms with E-state index in [1.54, 1.807) is 23.5 Å². The van der Waals surface area contributed by atoms with Crippen molar-refractivity contribution < 1.29 is 9.13 Å². The molecule has 0 saturated carbocycles. The normalized spacial score (nSPS) is 10.7. The molecule has 2 nitrogen and oxygen atoms in total. The fourth-order valence-corrected chi connectivity index (χ4v) is 2.84. The number of nitrogens with one attached hydrogen (secondary N) is 1. The summed E-state index contributed by atoms with van der Waals surface area (Å²) < 4.78 is 20.1. The first kappa shape index (κ1) is 12.9. The molecule has 3 aromatic rings. The molecule has 1 heterocycles. The monoisotopic (exact) mass is 287 g/mol. The van der Waals surface area contributed by atoms with Gasteiger partial charge in [0.15, 0.2) is 0 Å². The minimum atomic E-state index is -0.256. The molecule has 0 amide bonds. The zero-order chi connectivity index (χ0) is 13.9. The molecular weight excluding hydrogens is 273 g/mol. The smallest absolute Gasteiger partial charge is 0.131 e. The minimum Gasteiger partial charge on any atom is -0.497 e. The first-order chi connectivity index (χ1) is 9.76. The van der Waals surface area contributed by atoms with E-state index in [2.05, 4.69) is 28.9 Å². The van der Waals surface area contributed by atoms with Crippen LogP contribution >= 0.6 is 11.3 Å². The fraction of sp³-hybridized carbons (Fsp3) is 0.125. The summed E-state index contributed by atoms with van der Waals surface area (Å²) in [5.74, 6) is 0.277. The molecule has 0 spiro atoms. The standard InChI is InChI=1S/C16H14FNOS/c1-19-14-4-2-12(15(17)9-14)10-18-13-3-5-16-11(8-13)6-7-20-16/h2-9,18H,10H2,1H3. The van der Waals surface area contributed by atoms with Gasteiger partial charge in [0.05, 0.1) is 7.11 Å². The molecule has 0 unspecified atom stereocenters. The zero-order valence-electron chi connectivity index (χ0n) is 11.0. The highest BCUT2D eigenvalue weighted by Gasteiger charge is 2.04. The second kappa shape index (κ2) is 5.51. The quantitative estimate of drug-likeness (QED) is 0.753. The molecule has 0 aliphatic carbocycles. The number of hydrogen-bond acceptors (Lipinski definition) is 3. The molecule has 0 bridgehead atoms. The van der Waals surface area contributed by atoms with E-state index in [1.165, 1.54) is 23.3 Å². The topological polar surface area (TPSA) is 21.3 Å². The lowest BCUT2D eigenvalue weighted by Crippen LogP contribution is -2.01. The number of rotatable bonds is 4. The van der Waals surface area contributed by atoms with E-state index in [1.807, 2.05) is 6.07 Å². The van der Waals surface area contributed by atoms with Crippen LogP contribution in [0.5, 0.6) is 5.75 Å². The van der Waals surface area contributed by atoms with E-state index < -0.39 is 0 Å². The van der Waals surface area contributed by atoms with Gasteiger partial charge in [-0.05, 0) is 41.1 Å². The van der Waals surface area contributed by atoms with Crippen LogP contribution in [0.1, 0.15) is 5.56 Å². The maximum atomic E-state index is 13.8. The van der Waals surface area contributed by atoms with Gasteiger partial charge in [0.25, 0.3) is 0 Å². The molecule has 0 aliphatic heterocycles. The van der Waals surface area contributed by atoms with Crippen molar-refractivity contribution in [2.24, 2.45) is 0 Å². The summed E-state index contributed by atoms with van der Waals surface area (Å²) in [7, 11) is 1.53. The Kier molecular flexibility index (Phi) is 3.56. The van der Waals surface area contributed by atoms with Crippen molar-refractivity contribution >= 4 is 27.1 Å². The third-order valence-electron chi connectivity index (χ3n) is 3.20. The summed E-state index contributed by atoms with van der Waals surface area (Å²) in [4.78, 5) is 0. The molecule has 20 heavy (non-hydrogen) atoms. The molecule has 1 aromatic heterocycles. The summed E-state index contributed by atoms with van der Waals surface area (Å²) in [5, 5.41) is 6.52. The van der Waals surface area contributed by atoms with E-state index >= 15 is 0 Å². The van der Waals surface area contributed by atoms with Crippen LogP contribution in [0.15, 0.2) is 47.8 Å². The van der Waals surface area contributed by atoms with Gasteiger partial charge >= 0.3 is 0 Å². The van der Waals surface area contributed by atoms with Crippen molar-refractivity contribution in [3.8, 4) is 5.75 Å². The fourth-order valence-electron chi connectivity index (χ4n) is 2.07. The summed E-state index contributed by atoms with van der Waals surface area (Å²) in [6.07, 6.45) is 0. The van der Waals surface area contributed by atoms with Gasteiger partial charge in [0.1, 0.15) is 11.6 Å². The van der Waals surface area contributed by atoms with Crippen LogP contribution in [0, 0.1) is 5.82 Å². The Morgan fingerprint density at radius 1 is 1.15 bits per heavy atom. The first-order valence-electron chi connectivity index (χ1n) is 6.30. The number of halogens is 1. The van der Waals surface area contributed by atoms with Crippen LogP contribution in [-0.4, -0.2) is 7.11 Å². The van der Waals surface area contributed by atoms with Crippen LogP contribution in [0.3, 0.4) is 0 Å². The Labute approximate surface area is 120 Å². The zero-order valence-corrected chi connectivity index (χ0v) is 11.8. The highest BCUT2D eigenvalue weighted by molar-refractivity contribution is 7.17. The lowest BCUT2D eigenvalue weighted by atomic mass is 10.2. The largest absolute Gasteiger partial charge is 0.497 e. The van der Waals surface area contributed by atoms with Crippen LogP contribution in [0.2, 0.25) is 0 Å². The molecule has 3 rings (SSSR count). The molecule has 0 aliphatic rings. The maximum Gasteiger partial charge on any atom is 0.131 e. The van der Waals surface area contributed by atoms with Crippen molar-refractivity contribution in [2.75, 3.05) is 12.4 Å². The van der Waals surface area contributed by atoms with Crippen LogP contribution in [0.4, 0.5) is 10.1 Å². The summed E-state index contributed by atoms with van der Waals surface area (Å²) in [6, 6.07) is 13.2. The van der Waals surface area contributed by atoms with Gasteiger partial charge in [-0.25, -0.2) is 4.39 Å². The third kappa shape index (κ3) is 2.60. The molecule has 4 heteroatoms. The van der Waals surface area contributed by atoms with Gasteiger partial charge in [-0.15, -0.1) is 11.3 Å². The highest BCUT2D eigenvalue weighted by Crippen LogP contribution is 2.24. The summed E-state index contributed by atoms with van der Waals surface area (Å²) in [6.45, 7) is 0.450. The predicted octanol–water partition coefficient (Wildman–Crippen LogP) is 4.66. The average Bonchev–Trinajstić information content (AvgIpc) is 2.93. The van der Waals surface area contributed by atoms with Crippen LogP contribution in [0.25, 0.3) is 10.1 Å². The third-order valence-corrected chi connectivity index (χ3v) is 4.09. The molecule has 0 radical (unpaired) electrons. The number of ether oxygens (including phenoxy) is 1. The van der Waals surface area contributed by atoms with Gasteiger partial charge in [0, 0.05) is 28.6 Å². The Balaban J connectivity index is 1.75. The van der Waals surface area contributed by atoms with Gasteiger partial charge in [0.2, 0.25) is 0 Å². The Bertz CT molecular complexity index is 738. The van der Waals surface area contributed by atoms with E-state index in [-0.39, 0.29) is 5.82 Å². The molecule has 2 aromatic carbocycles. The van der Waals surface area contributed by atoms with E-state index in [0.29, 0.717) is 17.9 Å². The number of fused-ring (bicyclic) bond motifs is 1. The second-order valence-corrected chi connectivity index (χ2v) is 5.43. The summed E-state index contributed by atoms with van der Waals surface area (Å²) in [5.41, 5.74) is 1.61. The number of hydrogen-bond donors (Lipinski definition) is 1. The average molecular weight is 287 g/mol. The van der Waals surface area contributed by atoms with Crippen molar-refractivity contribution in [1.29, 1.82) is 0 Å². The molecule has 0 saturated heterocycles. The van der Waals surface area contributed by atoms with Gasteiger partial charge in [-0.1, -0.05) is 6.07 Å². The predicted molar refractivity (Wildman–Crippen MR) is 82.1 cm³/mol. The number of thiophene rings is 1. The second-order valence-electron chi connectivity index (χ2n) is 4.48. The number of anilines is 1. The van der Waals surface area contributed by atoms with Crippen molar-refractivity contribution in [2.45, 2.75) is 6.54 Å². The minimum absolute atomic E-state index is 0.256. The molecular formula is C16H14FNOS. The van der Waals surface area contributed by atoms with Crippen LogP contribution < -0.4 is 10.1 Å². The SMILES string of the molecule is COc1ccc(CNc2ccc3sccc3c2)c(F)c1. The van der Waals surface area contributed by atoms with Crippen molar-refractivity contribution in [1.82, 2.24) is 0 Å². The Morgan fingerprint density at radius 3 is 2.85 bits per heavy atom. The van der Waals surface area contributed by atoms with Gasteiger partial charge in [-0.3, -0.25) is 0 Å². The van der Waals surface area contributed by atoms with E-state index in [9.17, 15) is 4.39 Å². The lowest BCUT2D eigenvalue weighted by Gasteiger charge is -2.09. The van der Waals surface area contributed by atoms with Crippen molar-refractivity contribution in [3.63, 3.8) is 0 Å². The van der Waals surface area contributed by atoms with Gasteiger partial charge < -0.3 is 10.1 Å². The number of benzene rings is 2. The van der Waals surface area contributed by atoms with Gasteiger partial charge in [-0.2, -0.15) is 0 Å². The molecule has 0 fully saturated rings. The molecule has 0 atom stereocenters. The summed E-state index contributed by atoms with van der Waals surface area (Å²) >= 11 is 1.72. The maximum absolute atomic E-state index is 13.8. The van der Waals surface area contributed by atoms with E-state index in [0.717, 1.165) is 5.69 Å². The molecule has 102 valence electrons. The Hall–Kier alpha value is -2.07.